The zero-order chi connectivity index (χ0) is 15.8. The number of piperidine rings is 1. The van der Waals surface area contributed by atoms with Gasteiger partial charge in [-0.15, -0.1) is 0 Å². The van der Waals surface area contributed by atoms with Crippen molar-refractivity contribution >= 4 is 15.9 Å². The molecule has 7 nitrogen and oxygen atoms in total. The van der Waals surface area contributed by atoms with E-state index < -0.39 is 21.7 Å². The van der Waals surface area contributed by atoms with Crippen LogP contribution in [0, 0.1) is 6.42 Å². The predicted octanol–water partition coefficient (Wildman–Crippen LogP) is -1.07. The molecule has 0 saturated carbocycles. The normalized spacial score (nSPS) is 31.5. The van der Waals surface area contributed by atoms with Crippen molar-refractivity contribution in [3.8, 4) is 0 Å². The largest absolute Gasteiger partial charge is 0.390 e. The lowest BCUT2D eigenvalue weighted by Gasteiger charge is -2.43. The van der Waals surface area contributed by atoms with Crippen LogP contribution in [0.4, 0.5) is 0 Å². The monoisotopic (exact) mass is 318 g/mol. The minimum absolute atomic E-state index is 0.0145. The number of carbonyl (C=O) groups is 1. The molecule has 21 heavy (non-hydrogen) atoms. The Labute approximate surface area is 126 Å². The molecule has 3 atom stereocenters. The SMILES string of the molecule is CN(C[C@H](O)CN1C2C[CH]C[C@@]1(C(N)=O)CC2)S(C)(=O)=O. The van der Waals surface area contributed by atoms with Gasteiger partial charge in [0.15, 0.2) is 0 Å². The maximum atomic E-state index is 11.9. The maximum Gasteiger partial charge on any atom is 0.237 e. The van der Waals surface area contributed by atoms with Gasteiger partial charge in [-0.1, -0.05) is 0 Å². The highest BCUT2D eigenvalue weighted by molar-refractivity contribution is 7.88. The summed E-state index contributed by atoms with van der Waals surface area (Å²) >= 11 is 0. The first-order chi connectivity index (χ1) is 9.67. The molecular formula is C13H24N3O4S. The Balaban J connectivity index is 2.06. The lowest BCUT2D eigenvalue weighted by atomic mass is 9.87. The molecule has 0 spiro atoms. The second-order valence-corrected chi connectivity index (χ2v) is 8.26. The van der Waals surface area contributed by atoms with Gasteiger partial charge in [-0.05, 0) is 32.1 Å². The summed E-state index contributed by atoms with van der Waals surface area (Å²) in [6.45, 7) is 0.280. The molecule has 8 heteroatoms. The third kappa shape index (κ3) is 3.23. The molecule has 2 fully saturated rings. The van der Waals surface area contributed by atoms with Crippen LogP contribution in [0.3, 0.4) is 0 Å². The summed E-state index contributed by atoms with van der Waals surface area (Å²) in [5.41, 5.74) is 4.89. The van der Waals surface area contributed by atoms with E-state index in [0.29, 0.717) is 12.8 Å². The van der Waals surface area contributed by atoms with Crippen molar-refractivity contribution in [1.82, 2.24) is 9.21 Å². The number of primary amides is 1. The highest BCUT2D eigenvalue weighted by Gasteiger charge is 2.52. The summed E-state index contributed by atoms with van der Waals surface area (Å²) in [7, 11) is -1.89. The number of sulfonamides is 1. The molecule has 2 bridgehead atoms. The third-order valence-electron chi connectivity index (χ3n) is 4.70. The van der Waals surface area contributed by atoms with E-state index in [1.54, 1.807) is 0 Å². The van der Waals surface area contributed by atoms with E-state index in [1.165, 1.54) is 7.05 Å². The van der Waals surface area contributed by atoms with Gasteiger partial charge in [0.2, 0.25) is 15.9 Å². The standard InChI is InChI=1S/C13H24N3O4S/c1-15(21(2,19)20)8-11(17)9-16-10-4-3-6-13(16,7-5-10)12(14)18/h3,10-11,17H,4-9H2,1-2H3,(H2,14,18)/t10?,11-,13-/m0/s1. The number of hydrogen-bond acceptors (Lipinski definition) is 5. The molecule has 2 aliphatic heterocycles. The number of nitrogens with zero attached hydrogens (tertiary/aromatic N) is 2. The molecule has 121 valence electrons. The van der Waals surface area contributed by atoms with Crippen molar-refractivity contribution < 1.29 is 18.3 Å². The van der Waals surface area contributed by atoms with Crippen LogP contribution >= 0.6 is 0 Å². The molecule has 2 saturated heterocycles. The van der Waals surface area contributed by atoms with E-state index >= 15 is 0 Å². The molecular weight excluding hydrogens is 294 g/mol. The van der Waals surface area contributed by atoms with E-state index in [2.05, 4.69) is 6.42 Å². The number of hydrogen-bond donors (Lipinski definition) is 2. The van der Waals surface area contributed by atoms with E-state index in [1.807, 2.05) is 4.90 Å². The van der Waals surface area contributed by atoms with Gasteiger partial charge in [0, 0.05) is 26.2 Å². The molecule has 2 rings (SSSR count). The molecule has 2 heterocycles. The van der Waals surface area contributed by atoms with Gasteiger partial charge in [-0.3, -0.25) is 9.69 Å². The number of carbonyl (C=O) groups excluding carboxylic acids is 1. The molecule has 0 aromatic heterocycles. The number of amides is 1. The van der Waals surface area contributed by atoms with Crippen LogP contribution in [-0.4, -0.2) is 72.7 Å². The van der Waals surface area contributed by atoms with Crippen LogP contribution < -0.4 is 5.73 Å². The molecule has 0 aromatic rings. The van der Waals surface area contributed by atoms with Crippen molar-refractivity contribution in [2.75, 3.05) is 26.4 Å². The minimum atomic E-state index is -3.32. The van der Waals surface area contributed by atoms with Gasteiger partial charge in [-0.2, -0.15) is 0 Å². The van der Waals surface area contributed by atoms with Gasteiger partial charge >= 0.3 is 0 Å². The van der Waals surface area contributed by atoms with Gasteiger partial charge in [0.25, 0.3) is 0 Å². The fourth-order valence-corrected chi connectivity index (χ4v) is 3.88. The molecule has 0 aromatic carbocycles. The first-order valence-electron chi connectivity index (χ1n) is 7.14. The summed E-state index contributed by atoms with van der Waals surface area (Å²) in [6.07, 6.45) is 5.42. The fourth-order valence-electron chi connectivity index (χ4n) is 3.44. The molecule has 1 unspecified atom stereocenters. The summed E-state index contributed by atoms with van der Waals surface area (Å²) in [4.78, 5) is 13.9. The van der Waals surface area contributed by atoms with Crippen LogP contribution in [0.15, 0.2) is 0 Å². The average molecular weight is 318 g/mol. The van der Waals surface area contributed by atoms with E-state index in [0.717, 1.165) is 23.4 Å². The molecule has 2 aliphatic rings. The van der Waals surface area contributed by atoms with Gasteiger partial charge in [0.1, 0.15) is 5.54 Å². The number of aliphatic hydroxyl groups excluding tert-OH is 1. The van der Waals surface area contributed by atoms with Crippen LogP contribution in [0.2, 0.25) is 0 Å². The molecule has 1 radical (unpaired) electrons. The summed E-state index contributed by atoms with van der Waals surface area (Å²) in [5, 5.41) is 10.2. The lowest BCUT2D eigenvalue weighted by Crippen LogP contribution is -2.60. The van der Waals surface area contributed by atoms with E-state index in [-0.39, 0.29) is 25.0 Å². The predicted molar refractivity (Wildman–Crippen MR) is 78.7 cm³/mol. The first-order valence-corrected chi connectivity index (χ1v) is 8.99. The van der Waals surface area contributed by atoms with Crippen LogP contribution in [-0.2, 0) is 14.8 Å². The zero-order valence-corrected chi connectivity index (χ0v) is 13.3. The molecule has 3 N–H and O–H groups in total. The van der Waals surface area contributed by atoms with Crippen LogP contribution in [0.5, 0.6) is 0 Å². The van der Waals surface area contributed by atoms with Crippen molar-refractivity contribution in [1.29, 1.82) is 0 Å². The Bertz CT molecular complexity index is 506. The van der Waals surface area contributed by atoms with Crippen molar-refractivity contribution in [2.24, 2.45) is 5.73 Å². The smallest absolute Gasteiger partial charge is 0.237 e. The number of β-amino-alcohol motifs (C(OH)–C–C–N with tert-alkyl or cyclic N) is 1. The first kappa shape index (κ1) is 16.7. The highest BCUT2D eigenvalue weighted by atomic mass is 32.2. The highest BCUT2D eigenvalue weighted by Crippen LogP contribution is 2.43. The number of likely N-dealkylation sites (N-methyl/N-ethyl adjacent to an activating group) is 1. The second-order valence-electron chi connectivity index (χ2n) is 6.17. The molecule has 0 aliphatic carbocycles. The summed E-state index contributed by atoms with van der Waals surface area (Å²) < 4.78 is 23.9. The zero-order valence-electron chi connectivity index (χ0n) is 12.5. The maximum absolute atomic E-state index is 11.9. The number of rotatable bonds is 6. The van der Waals surface area contributed by atoms with E-state index in [4.69, 9.17) is 5.73 Å². The fraction of sp³-hybridized carbons (Fsp3) is 0.846. The number of fused-ring (bicyclic) bond motifs is 2. The van der Waals surface area contributed by atoms with Crippen LogP contribution in [0.25, 0.3) is 0 Å². The Morgan fingerprint density at radius 2 is 2.29 bits per heavy atom. The Morgan fingerprint density at radius 1 is 1.62 bits per heavy atom. The van der Waals surface area contributed by atoms with Crippen LogP contribution in [0.1, 0.15) is 25.7 Å². The summed E-state index contributed by atoms with van der Waals surface area (Å²) in [5.74, 6) is -0.357. The Morgan fingerprint density at radius 3 is 2.86 bits per heavy atom. The number of nitrogens with two attached hydrogens (primary N) is 1. The summed E-state index contributed by atoms with van der Waals surface area (Å²) in [6, 6.07) is 0.212. The minimum Gasteiger partial charge on any atom is -0.390 e. The van der Waals surface area contributed by atoms with Gasteiger partial charge in [-0.25, -0.2) is 12.7 Å². The average Bonchev–Trinajstić information content (AvgIpc) is 2.58. The molecule has 1 amide bonds. The topological polar surface area (TPSA) is 104 Å². The van der Waals surface area contributed by atoms with Crippen molar-refractivity contribution in [3.05, 3.63) is 6.42 Å². The Kier molecular flexibility index (Phi) is 4.63. The van der Waals surface area contributed by atoms with Gasteiger partial charge in [0.05, 0.1) is 12.4 Å². The van der Waals surface area contributed by atoms with Crippen molar-refractivity contribution in [3.63, 3.8) is 0 Å². The second kappa shape index (κ2) is 5.83. The van der Waals surface area contributed by atoms with Crippen molar-refractivity contribution in [2.45, 2.75) is 43.4 Å². The third-order valence-corrected chi connectivity index (χ3v) is 5.98. The van der Waals surface area contributed by atoms with Gasteiger partial charge < -0.3 is 10.8 Å². The Hall–Kier alpha value is -0.700. The van der Waals surface area contributed by atoms with E-state index in [9.17, 15) is 18.3 Å². The lowest BCUT2D eigenvalue weighted by molar-refractivity contribution is -0.131. The quantitative estimate of drug-likeness (QED) is 0.649. The number of aliphatic hydroxyl groups is 1.